The number of ether oxygens (including phenoxy) is 1. The zero-order chi connectivity index (χ0) is 17.1. The predicted octanol–water partition coefficient (Wildman–Crippen LogP) is 3.93. The molecule has 0 aliphatic rings. The van der Waals surface area contributed by atoms with Gasteiger partial charge in [0, 0.05) is 5.56 Å². The van der Waals surface area contributed by atoms with Crippen LogP contribution < -0.4 is 0 Å². The van der Waals surface area contributed by atoms with Crippen LogP contribution in [0.15, 0.2) is 52.9 Å². The Morgan fingerprint density at radius 1 is 1.08 bits per heavy atom. The average molecular weight is 330 g/mol. The van der Waals surface area contributed by atoms with Crippen LogP contribution in [0.1, 0.15) is 29.3 Å². The number of hydrogen-bond donors (Lipinski definition) is 0. The molecule has 0 spiro atoms. The van der Waals surface area contributed by atoms with Crippen molar-refractivity contribution in [3.8, 4) is 11.5 Å². The van der Waals surface area contributed by atoms with Gasteiger partial charge in [0.05, 0.1) is 5.56 Å². The number of esters is 1. The Morgan fingerprint density at radius 3 is 2.54 bits per heavy atom. The summed E-state index contributed by atoms with van der Waals surface area (Å²) in [5.41, 5.74) is 0.624. The summed E-state index contributed by atoms with van der Waals surface area (Å²) in [6, 6.07) is 10.7. The molecule has 0 aliphatic carbocycles. The Bertz CT molecular complexity index is 862. The maximum Gasteiger partial charge on any atom is 0.339 e. The van der Waals surface area contributed by atoms with E-state index < -0.39 is 17.9 Å². The summed E-state index contributed by atoms with van der Waals surface area (Å²) in [5.74, 6) is -1.36. The first kappa shape index (κ1) is 15.8. The normalized spacial score (nSPS) is 12.0. The van der Waals surface area contributed by atoms with Gasteiger partial charge in [-0.1, -0.05) is 6.07 Å². The maximum absolute atomic E-state index is 13.1. The third-order valence-corrected chi connectivity index (χ3v) is 3.22. The smallest absolute Gasteiger partial charge is 0.339 e. The molecule has 0 radical (unpaired) electrons. The number of rotatable bonds is 4. The van der Waals surface area contributed by atoms with Gasteiger partial charge in [0.25, 0.3) is 5.89 Å². The topological polar surface area (TPSA) is 65.2 Å². The van der Waals surface area contributed by atoms with Crippen LogP contribution >= 0.6 is 0 Å². The molecule has 0 aliphatic heterocycles. The Labute approximate surface area is 135 Å². The number of benzene rings is 2. The van der Waals surface area contributed by atoms with Crippen molar-refractivity contribution in [3.63, 3.8) is 0 Å². The van der Waals surface area contributed by atoms with Gasteiger partial charge < -0.3 is 9.15 Å². The minimum Gasteiger partial charge on any atom is -0.449 e. The molecule has 1 atom stereocenters. The Kier molecular flexibility index (Phi) is 4.33. The van der Waals surface area contributed by atoms with Crippen LogP contribution in [0.5, 0.6) is 0 Å². The molecule has 1 aromatic heterocycles. The quantitative estimate of drug-likeness (QED) is 0.678. The monoisotopic (exact) mass is 330 g/mol. The molecular formula is C17H12F2N2O3. The first-order chi connectivity index (χ1) is 11.5. The van der Waals surface area contributed by atoms with E-state index in [1.165, 1.54) is 42.5 Å². The average Bonchev–Trinajstić information content (AvgIpc) is 3.05. The van der Waals surface area contributed by atoms with E-state index in [2.05, 4.69) is 10.2 Å². The summed E-state index contributed by atoms with van der Waals surface area (Å²) in [7, 11) is 0. The molecular weight excluding hydrogens is 318 g/mol. The van der Waals surface area contributed by atoms with Gasteiger partial charge in [0.1, 0.15) is 11.6 Å². The van der Waals surface area contributed by atoms with Crippen molar-refractivity contribution in [1.29, 1.82) is 0 Å². The van der Waals surface area contributed by atoms with Crippen molar-refractivity contribution >= 4 is 5.97 Å². The second-order valence-electron chi connectivity index (χ2n) is 5.01. The number of carbonyl (C=O) groups excluding carboxylic acids is 1. The highest BCUT2D eigenvalue weighted by molar-refractivity contribution is 5.89. The predicted molar refractivity (Wildman–Crippen MR) is 79.9 cm³/mol. The lowest BCUT2D eigenvalue weighted by molar-refractivity contribution is 0.0279. The van der Waals surface area contributed by atoms with Crippen LogP contribution in [-0.4, -0.2) is 16.2 Å². The SMILES string of the molecule is C[C@@H](OC(=O)c1cccc(F)c1)c1nnc(-c2ccc(F)cc2)o1. The van der Waals surface area contributed by atoms with Crippen molar-refractivity contribution in [2.75, 3.05) is 0 Å². The number of carbonyl (C=O) groups is 1. The van der Waals surface area contributed by atoms with Crippen molar-refractivity contribution < 1.29 is 22.7 Å². The maximum atomic E-state index is 13.1. The van der Waals surface area contributed by atoms with Gasteiger partial charge in [-0.3, -0.25) is 0 Å². The highest BCUT2D eigenvalue weighted by Gasteiger charge is 2.20. The molecule has 0 N–H and O–H groups in total. The zero-order valence-corrected chi connectivity index (χ0v) is 12.6. The molecule has 3 rings (SSSR count). The third-order valence-electron chi connectivity index (χ3n) is 3.22. The standard InChI is InChI=1S/C17H12F2N2O3/c1-10(23-17(22)12-3-2-4-14(19)9-12)15-20-21-16(24-15)11-5-7-13(18)8-6-11/h2-10H,1H3/t10-/m1/s1. The van der Waals surface area contributed by atoms with Crippen LogP contribution in [0.3, 0.4) is 0 Å². The minimum absolute atomic E-state index is 0.0825. The van der Waals surface area contributed by atoms with Gasteiger partial charge in [-0.15, -0.1) is 10.2 Å². The Hall–Kier alpha value is -3.09. The molecule has 2 aromatic carbocycles. The Balaban J connectivity index is 1.73. The van der Waals surface area contributed by atoms with Gasteiger partial charge in [0.2, 0.25) is 5.89 Å². The van der Waals surface area contributed by atoms with Gasteiger partial charge >= 0.3 is 5.97 Å². The lowest BCUT2D eigenvalue weighted by Gasteiger charge is -2.09. The van der Waals surface area contributed by atoms with Crippen LogP contribution in [-0.2, 0) is 4.74 Å². The zero-order valence-electron chi connectivity index (χ0n) is 12.6. The largest absolute Gasteiger partial charge is 0.449 e. The second-order valence-corrected chi connectivity index (χ2v) is 5.01. The van der Waals surface area contributed by atoms with Gasteiger partial charge in [-0.25, -0.2) is 13.6 Å². The van der Waals surface area contributed by atoms with E-state index in [-0.39, 0.29) is 23.2 Å². The van der Waals surface area contributed by atoms with Gasteiger partial charge in [0.15, 0.2) is 6.10 Å². The fourth-order valence-corrected chi connectivity index (χ4v) is 2.00. The lowest BCUT2D eigenvalue weighted by Crippen LogP contribution is -2.09. The van der Waals surface area contributed by atoms with Gasteiger partial charge in [-0.05, 0) is 49.4 Å². The number of nitrogens with zero attached hydrogens (tertiary/aromatic N) is 2. The summed E-state index contributed by atoms with van der Waals surface area (Å²) in [4.78, 5) is 12.0. The van der Waals surface area contributed by atoms with E-state index in [0.29, 0.717) is 5.56 Å². The van der Waals surface area contributed by atoms with Crippen LogP contribution in [0.4, 0.5) is 8.78 Å². The van der Waals surface area contributed by atoms with Crippen molar-refractivity contribution in [2.45, 2.75) is 13.0 Å². The molecule has 0 fully saturated rings. The first-order valence-corrected chi connectivity index (χ1v) is 7.09. The molecule has 122 valence electrons. The van der Waals surface area contributed by atoms with E-state index in [0.717, 1.165) is 6.07 Å². The molecule has 0 amide bonds. The second kappa shape index (κ2) is 6.57. The molecule has 7 heteroatoms. The summed E-state index contributed by atoms with van der Waals surface area (Å²) >= 11 is 0. The van der Waals surface area contributed by atoms with Crippen molar-refractivity contribution in [1.82, 2.24) is 10.2 Å². The number of halogens is 2. The van der Waals surface area contributed by atoms with Crippen molar-refractivity contribution in [3.05, 3.63) is 71.6 Å². The molecule has 1 heterocycles. The lowest BCUT2D eigenvalue weighted by atomic mass is 10.2. The molecule has 0 saturated carbocycles. The molecule has 5 nitrogen and oxygen atoms in total. The summed E-state index contributed by atoms with van der Waals surface area (Å²) < 4.78 is 36.7. The molecule has 24 heavy (non-hydrogen) atoms. The molecule has 0 unspecified atom stereocenters. The third kappa shape index (κ3) is 3.45. The fraction of sp³-hybridized carbons (Fsp3) is 0.118. The minimum atomic E-state index is -0.817. The van der Waals surface area contributed by atoms with E-state index in [1.54, 1.807) is 6.92 Å². The summed E-state index contributed by atoms with van der Waals surface area (Å²) in [5, 5.41) is 7.66. The van der Waals surface area contributed by atoms with Crippen LogP contribution in [0, 0.1) is 11.6 Å². The highest BCUT2D eigenvalue weighted by atomic mass is 19.1. The van der Waals surface area contributed by atoms with E-state index in [9.17, 15) is 13.6 Å². The summed E-state index contributed by atoms with van der Waals surface area (Å²) in [6.07, 6.45) is -0.817. The Morgan fingerprint density at radius 2 is 1.83 bits per heavy atom. The first-order valence-electron chi connectivity index (χ1n) is 7.09. The molecule has 3 aromatic rings. The van der Waals surface area contributed by atoms with Crippen LogP contribution in [0.2, 0.25) is 0 Å². The van der Waals surface area contributed by atoms with E-state index in [4.69, 9.17) is 9.15 Å². The molecule has 0 bridgehead atoms. The summed E-state index contributed by atoms with van der Waals surface area (Å²) in [6.45, 7) is 1.55. The number of aromatic nitrogens is 2. The van der Waals surface area contributed by atoms with Crippen LogP contribution in [0.25, 0.3) is 11.5 Å². The fourth-order valence-electron chi connectivity index (χ4n) is 2.00. The number of hydrogen-bond acceptors (Lipinski definition) is 5. The highest BCUT2D eigenvalue weighted by Crippen LogP contribution is 2.23. The van der Waals surface area contributed by atoms with E-state index in [1.807, 2.05) is 0 Å². The van der Waals surface area contributed by atoms with Gasteiger partial charge in [-0.2, -0.15) is 0 Å². The van der Waals surface area contributed by atoms with E-state index >= 15 is 0 Å². The molecule has 0 saturated heterocycles. The van der Waals surface area contributed by atoms with Crippen molar-refractivity contribution in [2.24, 2.45) is 0 Å².